The molecule has 2 aliphatic rings. The molecule has 2 atom stereocenters. The van der Waals surface area contributed by atoms with Gasteiger partial charge in [-0.05, 0) is 34.7 Å². The summed E-state index contributed by atoms with van der Waals surface area (Å²) in [4.78, 5) is 22.0. The largest absolute Gasteiger partial charge is 0.356 e. The van der Waals surface area contributed by atoms with E-state index in [9.17, 15) is 4.79 Å². The molecule has 2 unspecified atom stereocenters. The van der Waals surface area contributed by atoms with Crippen LogP contribution in [0, 0.1) is 5.92 Å². The molecule has 2 fully saturated rings. The molecular weight excluding hydrogens is 296 g/mol. The van der Waals surface area contributed by atoms with Crippen LogP contribution in [-0.4, -0.2) is 35.0 Å². The molecule has 0 aromatic carbocycles. The van der Waals surface area contributed by atoms with E-state index in [2.05, 4.69) is 36.1 Å². The molecule has 0 radical (unpaired) electrons. The highest BCUT2D eigenvalue weighted by molar-refractivity contribution is 9.10. The van der Waals surface area contributed by atoms with E-state index in [1.807, 2.05) is 6.07 Å². The van der Waals surface area contributed by atoms with Crippen LogP contribution in [0.25, 0.3) is 0 Å². The summed E-state index contributed by atoms with van der Waals surface area (Å²) in [5.74, 6) is 1.71. The van der Waals surface area contributed by atoms with Crippen molar-refractivity contribution in [2.45, 2.75) is 25.3 Å². The Balaban J connectivity index is 1.72. The Morgan fingerprint density at radius 1 is 1.39 bits per heavy atom. The minimum absolute atomic E-state index is 0.203. The van der Waals surface area contributed by atoms with Crippen LogP contribution in [-0.2, 0) is 4.79 Å². The van der Waals surface area contributed by atoms with Gasteiger partial charge in [0.15, 0.2) is 0 Å². The molecule has 1 aromatic heterocycles. The number of hydrogen-bond acceptors (Lipinski definition) is 4. The standard InChI is InChI=1S/C12H15BrN4O/c13-10-5-11(15-7-14-10)17-4-3-9-8(6-17)1-2-12(18)16-9/h5,7-9H,1-4,6H2,(H,16,18). The zero-order valence-electron chi connectivity index (χ0n) is 9.97. The number of aromatic nitrogens is 2. The molecule has 3 heterocycles. The maximum absolute atomic E-state index is 11.4. The van der Waals surface area contributed by atoms with E-state index >= 15 is 0 Å². The van der Waals surface area contributed by atoms with Crippen LogP contribution < -0.4 is 10.2 Å². The number of hydrogen-bond donors (Lipinski definition) is 1. The topological polar surface area (TPSA) is 58.1 Å². The molecule has 1 amide bonds. The van der Waals surface area contributed by atoms with E-state index in [0.29, 0.717) is 18.4 Å². The summed E-state index contributed by atoms with van der Waals surface area (Å²) in [7, 11) is 0. The van der Waals surface area contributed by atoms with E-state index < -0.39 is 0 Å². The third-order valence-electron chi connectivity index (χ3n) is 3.77. The molecule has 2 aliphatic heterocycles. The molecule has 0 saturated carbocycles. The van der Waals surface area contributed by atoms with Crippen molar-refractivity contribution in [1.82, 2.24) is 15.3 Å². The van der Waals surface area contributed by atoms with Crippen LogP contribution in [0.3, 0.4) is 0 Å². The first kappa shape index (κ1) is 11.9. The van der Waals surface area contributed by atoms with Crippen molar-refractivity contribution in [2.75, 3.05) is 18.0 Å². The lowest BCUT2D eigenvalue weighted by Gasteiger charge is -2.41. The van der Waals surface area contributed by atoms with Crippen molar-refractivity contribution in [2.24, 2.45) is 5.92 Å². The molecule has 1 N–H and O–H groups in total. The van der Waals surface area contributed by atoms with Crippen LogP contribution in [0.5, 0.6) is 0 Å². The second kappa shape index (κ2) is 4.84. The highest BCUT2D eigenvalue weighted by Gasteiger charge is 2.34. The number of nitrogens with one attached hydrogen (secondary N) is 1. The summed E-state index contributed by atoms with van der Waals surface area (Å²) in [6, 6.07) is 2.30. The second-order valence-electron chi connectivity index (χ2n) is 4.91. The van der Waals surface area contributed by atoms with Crippen LogP contribution in [0.4, 0.5) is 5.82 Å². The summed E-state index contributed by atoms with van der Waals surface area (Å²) < 4.78 is 0.812. The maximum atomic E-state index is 11.4. The lowest BCUT2D eigenvalue weighted by Crippen LogP contribution is -2.54. The summed E-state index contributed by atoms with van der Waals surface area (Å²) in [6.07, 6.45) is 4.22. The number of nitrogens with zero attached hydrogens (tertiary/aromatic N) is 3. The smallest absolute Gasteiger partial charge is 0.220 e. The molecule has 5 nitrogen and oxygen atoms in total. The van der Waals surface area contributed by atoms with Gasteiger partial charge in [0.1, 0.15) is 16.7 Å². The van der Waals surface area contributed by atoms with E-state index in [-0.39, 0.29) is 5.91 Å². The molecule has 0 aliphatic carbocycles. The summed E-state index contributed by atoms with van der Waals surface area (Å²) >= 11 is 3.37. The van der Waals surface area contributed by atoms with Gasteiger partial charge in [-0.15, -0.1) is 0 Å². The SMILES string of the molecule is O=C1CCC2CN(c3cc(Br)ncn3)CCC2N1. The molecule has 6 heteroatoms. The average Bonchev–Trinajstić information content (AvgIpc) is 2.38. The summed E-state index contributed by atoms with van der Waals surface area (Å²) in [5, 5.41) is 3.09. The predicted octanol–water partition coefficient (Wildman–Crippen LogP) is 1.34. The van der Waals surface area contributed by atoms with Crippen molar-refractivity contribution in [3.63, 3.8) is 0 Å². The molecular formula is C12H15BrN4O. The van der Waals surface area contributed by atoms with Gasteiger partial charge in [0.25, 0.3) is 0 Å². The molecule has 2 saturated heterocycles. The number of amides is 1. The van der Waals surface area contributed by atoms with Gasteiger partial charge in [-0.1, -0.05) is 0 Å². The monoisotopic (exact) mass is 310 g/mol. The number of anilines is 1. The molecule has 0 spiro atoms. The second-order valence-corrected chi connectivity index (χ2v) is 5.72. The quantitative estimate of drug-likeness (QED) is 0.795. The molecule has 3 rings (SSSR count). The molecule has 1 aromatic rings. The van der Waals surface area contributed by atoms with E-state index in [1.165, 1.54) is 0 Å². The molecule has 96 valence electrons. The van der Waals surface area contributed by atoms with Gasteiger partial charge in [-0.2, -0.15) is 0 Å². The van der Waals surface area contributed by atoms with Gasteiger partial charge >= 0.3 is 0 Å². The number of rotatable bonds is 1. The normalized spacial score (nSPS) is 27.6. The van der Waals surface area contributed by atoms with Crippen LogP contribution in [0.2, 0.25) is 0 Å². The third-order valence-corrected chi connectivity index (χ3v) is 4.20. The Kier molecular flexibility index (Phi) is 3.20. The number of carbonyl (C=O) groups excluding carboxylic acids is 1. The fourth-order valence-corrected chi connectivity index (χ4v) is 3.11. The lowest BCUT2D eigenvalue weighted by atomic mass is 9.85. The van der Waals surface area contributed by atoms with E-state index in [1.54, 1.807) is 6.33 Å². The van der Waals surface area contributed by atoms with E-state index in [0.717, 1.165) is 36.4 Å². The first-order chi connectivity index (χ1) is 8.72. The average molecular weight is 311 g/mol. The first-order valence-corrected chi connectivity index (χ1v) is 7.03. The van der Waals surface area contributed by atoms with Crippen molar-refractivity contribution >= 4 is 27.7 Å². The number of fused-ring (bicyclic) bond motifs is 1. The lowest BCUT2D eigenvalue weighted by molar-refractivity contribution is -0.124. The Hall–Kier alpha value is -1.17. The highest BCUT2D eigenvalue weighted by atomic mass is 79.9. The zero-order valence-corrected chi connectivity index (χ0v) is 11.6. The van der Waals surface area contributed by atoms with Gasteiger partial charge in [0.2, 0.25) is 5.91 Å². The number of carbonyl (C=O) groups is 1. The minimum Gasteiger partial charge on any atom is -0.356 e. The van der Waals surface area contributed by atoms with Crippen molar-refractivity contribution in [3.05, 3.63) is 17.0 Å². The van der Waals surface area contributed by atoms with Gasteiger partial charge < -0.3 is 10.2 Å². The van der Waals surface area contributed by atoms with Crippen molar-refractivity contribution in [3.8, 4) is 0 Å². The van der Waals surface area contributed by atoms with Gasteiger partial charge in [-0.3, -0.25) is 4.79 Å². The minimum atomic E-state index is 0.203. The number of piperidine rings is 2. The van der Waals surface area contributed by atoms with Crippen LogP contribution >= 0.6 is 15.9 Å². The van der Waals surface area contributed by atoms with Crippen LogP contribution in [0.1, 0.15) is 19.3 Å². The Labute approximate surface area is 114 Å². The summed E-state index contributed by atoms with van der Waals surface area (Å²) in [5.41, 5.74) is 0. The van der Waals surface area contributed by atoms with Crippen molar-refractivity contribution < 1.29 is 4.79 Å². The van der Waals surface area contributed by atoms with Gasteiger partial charge in [0, 0.05) is 31.6 Å². The van der Waals surface area contributed by atoms with Crippen LogP contribution in [0.15, 0.2) is 17.0 Å². The third kappa shape index (κ3) is 2.34. The molecule has 0 bridgehead atoms. The highest BCUT2D eigenvalue weighted by Crippen LogP contribution is 2.28. The zero-order chi connectivity index (χ0) is 12.5. The number of halogens is 1. The molecule has 18 heavy (non-hydrogen) atoms. The summed E-state index contributed by atoms with van der Waals surface area (Å²) in [6.45, 7) is 1.90. The first-order valence-electron chi connectivity index (χ1n) is 6.24. The Bertz CT molecular complexity index is 467. The Morgan fingerprint density at radius 3 is 3.11 bits per heavy atom. The van der Waals surface area contributed by atoms with Gasteiger partial charge in [0.05, 0.1) is 0 Å². The Morgan fingerprint density at radius 2 is 2.28 bits per heavy atom. The van der Waals surface area contributed by atoms with E-state index in [4.69, 9.17) is 0 Å². The maximum Gasteiger partial charge on any atom is 0.220 e. The predicted molar refractivity (Wildman–Crippen MR) is 71.2 cm³/mol. The fourth-order valence-electron chi connectivity index (χ4n) is 2.82. The van der Waals surface area contributed by atoms with Crippen molar-refractivity contribution in [1.29, 1.82) is 0 Å². The van der Waals surface area contributed by atoms with Gasteiger partial charge in [-0.25, -0.2) is 9.97 Å². The fraction of sp³-hybridized carbons (Fsp3) is 0.583.